The second kappa shape index (κ2) is 7.68. The van der Waals surface area contributed by atoms with Crippen LogP contribution in [-0.4, -0.2) is 34.0 Å². The molecule has 5 rings (SSSR count). The van der Waals surface area contributed by atoms with Gasteiger partial charge in [0.1, 0.15) is 0 Å². The molecule has 1 saturated heterocycles. The predicted octanol–water partition coefficient (Wildman–Crippen LogP) is 2.45. The first-order valence-corrected chi connectivity index (χ1v) is 9.86. The fourth-order valence-corrected chi connectivity index (χ4v) is 4.17. The molecule has 150 valence electrons. The molecule has 7 heteroatoms. The third-order valence-electron chi connectivity index (χ3n) is 5.60. The smallest absolute Gasteiger partial charge is 0.231 e. The molecular formula is C23H20N4O3. The van der Waals surface area contributed by atoms with Gasteiger partial charge in [-0.15, -0.1) is 0 Å². The molecule has 2 N–H and O–H groups in total. The number of nitrogens with zero attached hydrogens (tertiary/aromatic N) is 2. The van der Waals surface area contributed by atoms with Crippen molar-refractivity contribution in [3.63, 3.8) is 0 Å². The highest BCUT2D eigenvalue weighted by Gasteiger charge is 2.52. The van der Waals surface area contributed by atoms with Crippen molar-refractivity contribution >= 4 is 28.4 Å². The van der Waals surface area contributed by atoms with Crippen molar-refractivity contribution in [2.24, 2.45) is 11.8 Å². The fourth-order valence-electron chi connectivity index (χ4n) is 4.17. The van der Waals surface area contributed by atoms with Crippen LogP contribution in [0, 0.1) is 11.8 Å². The van der Waals surface area contributed by atoms with E-state index in [1.807, 2.05) is 54.6 Å². The highest BCUT2D eigenvalue weighted by atomic mass is 16.5. The minimum Gasteiger partial charge on any atom is -0.365 e. The molecule has 3 aromatic rings. The number of anilines is 1. The topological polar surface area (TPSA) is 93.2 Å². The molecular weight excluding hydrogens is 380 g/mol. The van der Waals surface area contributed by atoms with Crippen LogP contribution in [0.25, 0.3) is 10.9 Å². The third-order valence-corrected chi connectivity index (χ3v) is 5.60. The van der Waals surface area contributed by atoms with Gasteiger partial charge in [-0.05, 0) is 35.9 Å². The number of aromatic nitrogens is 2. The van der Waals surface area contributed by atoms with Crippen molar-refractivity contribution in [2.45, 2.75) is 18.8 Å². The highest BCUT2D eigenvalue weighted by molar-refractivity contribution is 6.03. The summed E-state index contributed by atoms with van der Waals surface area (Å²) >= 11 is 0. The lowest BCUT2D eigenvalue weighted by Crippen LogP contribution is -2.44. The number of amides is 2. The minimum absolute atomic E-state index is 0.199. The van der Waals surface area contributed by atoms with Gasteiger partial charge in [-0.25, -0.2) is 0 Å². The van der Waals surface area contributed by atoms with Crippen LogP contribution in [0.4, 0.5) is 5.69 Å². The lowest BCUT2D eigenvalue weighted by Gasteiger charge is -2.24. The molecule has 0 spiro atoms. The van der Waals surface area contributed by atoms with Crippen LogP contribution in [-0.2, 0) is 20.9 Å². The Morgan fingerprint density at radius 3 is 2.53 bits per heavy atom. The first-order chi connectivity index (χ1) is 14.7. The van der Waals surface area contributed by atoms with Crippen LogP contribution in [0.5, 0.6) is 0 Å². The Morgan fingerprint density at radius 2 is 1.73 bits per heavy atom. The Kier molecular flexibility index (Phi) is 4.72. The monoisotopic (exact) mass is 400 g/mol. The number of ether oxygens (including phenoxy) is 1. The van der Waals surface area contributed by atoms with Crippen LogP contribution in [0.15, 0.2) is 73.2 Å². The van der Waals surface area contributed by atoms with E-state index in [-0.39, 0.29) is 11.8 Å². The molecule has 30 heavy (non-hydrogen) atoms. The zero-order valence-electron chi connectivity index (χ0n) is 16.1. The van der Waals surface area contributed by atoms with Gasteiger partial charge in [0, 0.05) is 30.5 Å². The van der Waals surface area contributed by atoms with E-state index in [0.717, 1.165) is 16.5 Å². The number of hydrogen-bond donors (Lipinski definition) is 2. The van der Waals surface area contributed by atoms with Gasteiger partial charge in [0.2, 0.25) is 11.8 Å². The molecule has 0 aliphatic carbocycles. The Morgan fingerprint density at radius 1 is 0.933 bits per heavy atom. The van der Waals surface area contributed by atoms with Crippen molar-refractivity contribution < 1.29 is 14.3 Å². The normalized spacial score (nSPS) is 24.1. The summed E-state index contributed by atoms with van der Waals surface area (Å²) in [6, 6.07) is 13.0. The van der Waals surface area contributed by atoms with Gasteiger partial charge in [0.15, 0.2) is 0 Å². The number of benzene rings is 1. The van der Waals surface area contributed by atoms with Crippen LogP contribution in [0.3, 0.4) is 0 Å². The molecule has 0 unspecified atom stereocenters. The number of carbonyl (C=O) groups excluding carboxylic acids is 2. The Bertz CT molecular complexity index is 1130. The molecule has 2 aliphatic heterocycles. The molecule has 1 aromatic carbocycles. The molecule has 4 heterocycles. The molecule has 2 amide bonds. The van der Waals surface area contributed by atoms with Crippen molar-refractivity contribution in [3.8, 4) is 0 Å². The summed E-state index contributed by atoms with van der Waals surface area (Å²) in [5, 5.41) is 6.76. The molecule has 2 bridgehead atoms. The van der Waals surface area contributed by atoms with Gasteiger partial charge in [0.25, 0.3) is 0 Å². The lowest BCUT2D eigenvalue weighted by atomic mass is 9.81. The summed E-state index contributed by atoms with van der Waals surface area (Å²) in [7, 11) is 0. The number of pyridine rings is 2. The van der Waals surface area contributed by atoms with Crippen molar-refractivity contribution in [3.05, 3.63) is 78.8 Å². The zero-order valence-corrected chi connectivity index (χ0v) is 16.1. The van der Waals surface area contributed by atoms with Crippen molar-refractivity contribution in [2.75, 3.05) is 5.32 Å². The standard InChI is InChI=1S/C23H20N4O3/c28-22(26-13-14-4-2-10-24-12-14)20-18-8-9-19(30-18)21(20)23(29)27-17-7-1-6-16-15(17)5-3-11-25-16/h1-12,18-21H,13H2,(H,26,28)(H,27,29)/t18-,19+,20+,21+/m1/s1. The second-order valence-corrected chi connectivity index (χ2v) is 7.45. The van der Waals surface area contributed by atoms with E-state index in [9.17, 15) is 9.59 Å². The molecule has 2 aliphatic rings. The highest BCUT2D eigenvalue weighted by Crippen LogP contribution is 2.40. The Balaban J connectivity index is 1.35. The first-order valence-electron chi connectivity index (χ1n) is 9.86. The average Bonchev–Trinajstić information content (AvgIpc) is 3.40. The van der Waals surface area contributed by atoms with E-state index in [1.54, 1.807) is 18.6 Å². The molecule has 7 nitrogen and oxygen atoms in total. The SMILES string of the molecule is O=C(Nc1cccc2ncccc12)[C@@H]1[C@@H](C(=O)NCc2cccnc2)[C@H]2C=C[C@@H]1O2. The van der Waals surface area contributed by atoms with E-state index >= 15 is 0 Å². The lowest BCUT2D eigenvalue weighted by molar-refractivity contribution is -0.131. The van der Waals surface area contributed by atoms with E-state index in [0.29, 0.717) is 12.2 Å². The molecule has 2 aromatic heterocycles. The van der Waals surface area contributed by atoms with Gasteiger partial charge < -0.3 is 15.4 Å². The van der Waals surface area contributed by atoms with Crippen molar-refractivity contribution in [1.29, 1.82) is 0 Å². The van der Waals surface area contributed by atoms with Gasteiger partial charge in [-0.2, -0.15) is 0 Å². The maximum absolute atomic E-state index is 13.2. The number of nitrogens with one attached hydrogen (secondary N) is 2. The van der Waals surface area contributed by atoms with Gasteiger partial charge >= 0.3 is 0 Å². The summed E-state index contributed by atoms with van der Waals surface area (Å²) in [6.45, 7) is 0.355. The quantitative estimate of drug-likeness (QED) is 0.642. The minimum atomic E-state index is -0.596. The second-order valence-electron chi connectivity index (χ2n) is 7.45. The molecule has 0 radical (unpaired) electrons. The maximum atomic E-state index is 13.2. The van der Waals surface area contributed by atoms with Crippen molar-refractivity contribution in [1.82, 2.24) is 15.3 Å². The summed E-state index contributed by atoms with van der Waals surface area (Å²) < 4.78 is 5.86. The fraction of sp³-hybridized carbons (Fsp3) is 0.217. The van der Waals surface area contributed by atoms with Gasteiger partial charge in [-0.3, -0.25) is 19.6 Å². The van der Waals surface area contributed by atoms with E-state index in [4.69, 9.17) is 4.74 Å². The predicted molar refractivity (Wildman–Crippen MR) is 111 cm³/mol. The summed E-state index contributed by atoms with van der Waals surface area (Å²) in [4.78, 5) is 34.5. The van der Waals surface area contributed by atoms with Gasteiger partial charge in [-0.1, -0.05) is 24.3 Å². The van der Waals surface area contributed by atoms with E-state index in [2.05, 4.69) is 20.6 Å². The molecule has 4 atom stereocenters. The average molecular weight is 400 g/mol. The van der Waals surface area contributed by atoms with Crippen LogP contribution < -0.4 is 10.6 Å². The Labute approximate surface area is 173 Å². The van der Waals surface area contributed by atoms with Crippen LogP contribution in [0.1, 0.15) is 5.56 Å². The Hall–Kier alpha value is -3.58. The van der Waals surface area contributed by atoms with E-state index in [1.165, 1.54) is 0 Å². The summed E-state index contributed by atoms with van der Waals surface area (Å²) in [5.41, 5.74) is 2.37. The number of hydrogen-bond acceptors (Lipinski definition) is 5. The number of fused-ring (bicyclic) bond motifs is 3. The maximum Gasteiger partial charge on any atom is 0.231 e. The number of carbonyl (C=O) groups is 2. The first kappa shape index (κ1) is 18.4. The summed E-state index contributed by atoms with van der Waals surface area (Å²) in [5.74, 6) is -1.61. The molecule has 0 saturated carbocycles. The zero-order chi connectivity index (χ0) is 20.5. The molecule has 1 fully saturated rings. The largest absolute Gasteiger partial charge is 0.365 e. The van der Waals surface area contributed by atoms with Crippen LogP contribution >= 0.6 is 0 Å². The third kappa shape index (κ3) is 3.33. The van der Waals surface area contributed by atoms with E-state index < -0.39 is 24.0 Å². The van der Waals surface area contributed by atoms with Crippen LogP contribution in [0.2, 0.25) is 0 Å². The van der Waals surface area contributed by atoms with Gasteiger partial charge in [0.05, 0.1) is 35.2 Å². The summed E-state index contributed by atoms with van der Waals surface area (Å²) in [6.07, 6.45) is 8.03. The number of rotatable bonds is 5.